The van der Waals surface area contributed by atoms with Crippen LogP contribution in [0.2, 0.25) is 0 Å². The molecule has 24 nitrogen and oxygen atoms in total. The molecule has 9 rings (SSSR count). The summed E-state index contributed by atoms with van der Waals surface area (Å²) < 4.78 is 48.4. The van der Waals surface area contributed by atoms with E-state index in [0.717, 1.165) is 12.0 Å². The van der Waals surface area contributed by atoms with E-state index in [-0.39, 0.29) is 36.4 Å². The van der Waals surface area contributed by atoms with Gasteiger partial charge in [-0.25, -0.2) is 0 Å². The fourth-order valence-corrected chi connectivity index (χ4v) is 16.6. The van der Waals surface area contributed by atoms with Crippen molar-refractivity contribution in [2.75, 3.05) is 33.0 Å². The summed E-state index contributed by atoms with van der Waals surface area (Å²) in [7, 11) is 0. The third-order valence-corrected chi connectivity index (χ3v) is 21.8. The highest BCUT2D eigenvalue weighted by molar-refractivity contribution is 5.35. The van der Waals surface area contributed by atoms with Crippen LogP contribution in [0.15, 0.2) is 11.6 Å². The van der Waals surface area contributed by atoms with E-state index in [9.17, 15) is 81.7 Å². The number of ether oxygens (including phenoxy) is 8. The predicted octanol–water partition coefficient (Wildman–Crippen LogP) is -3.62. The Balaban J connectivity index is 0.983. The summed E-state index contributed by atoms with van der Waals surface area (Å²) in [5, 5.41) is 175. The third-order valence-electron chi connectivity index (χ3n) is 21.8. The van der Waals surface area contributed by atoms with Crippen LogP contribution in [0.3, 0.4) is 0 Å². The van der Waals surface area contributed by atoms with Crippen LogP contribution in [-0.4, -0.2) is 256 Å². The highest BCUT2D eigenvalue weighted by atomic mass is 16.8. The molecule has 4 aliphatic heterocycles. The molecular formula is C54H90O24. The van der Waals surface area contributed by atoms with E-state index >= 15 is 0 Å². The first-order valence-corrected chi connectivity index (χ1v) is 28.1. The fraction of sp³-hybridized carbons (Fsp3) is 0.963. The Bertz CT molecular complexity index is 2110. The van der Waals surface area contributed by atoms with E-state index < -0.39 is 188 Å². The number of hydrogen-bond donors (Lipinski definition) is 16. The smallest absolute Gasteiger partial charge is 0.187 e. The Hall–Kier alpha value is -1.22. The molecule has 8 fully saturated rings. The highest BCUT2D eigenvalue weighted by Crippen LogP contribution is 2.76. The highest BCUT2D eigenvalue weighted by Gasteiger charge is 2.71. The van der Waals surface area contributed by atoms with Crippen LogP contribution in [0.25, 0.3) is 0 Å². The first-order valence-electron chi connectivity index (χ1n) is 28.1. The minimum atomic E-state index is -1.88. The van der Waals surface area contributed by atoms with Crippen molar-refractivity contribution in [2.24, 2.45) is 50.2 Å². The lowest BCUT2D eigenvalue weighted by atomic mass is 9.33. The zero-order chi connectivity index (χ0) is 57.1. The molecule has 4 saturated carbocycles. The van der Waals surface area contributed by atoms with Crippen LogP contribution in [0.5, 0.6) is 0 Å². The van der Waals surface area contributed by atoms with Crippen LogP contribution >= 0.6 is 0 Å². The molecule has 450 valence electrons. The number of aliphatic hydroxyl groups excluding tert-OH is 16. The average Bonchev–Trinajstić information content (AvgIpc) is 3.47. The Morgan fingerprint density at radius 2 is 1.01 bits per heavy atom. The first-order chi connectivity index (χ1) is 36.5. The van der Waals surface area contributed by atoms with Gasteiger partial charge in [0.2, 0.25) is 0 Å². The van der Waals surface area contributed by atoms with Crippen LogP contribution < -0.4 is 0 Å². The lowest BCUT2D eigenvalue weighted by molar-refractivity contribution is -0.372. The molecule has 5 aliphatic carbocycles. The number of hydrogen-bond acceptors (Lipinski definition) is 24. The van der Waals surface area contributed by atoms with E-state index in [2.05, 4.69) is 26.8 Å². The van der Waals surface area contributed by atoms with Gasteiger partial charge >= 0.3 is 0 Å². The molecule has 16 N–H and O–H groups in total. The molecular weight excluding hydrogens is 1030 g/mol. The molecule has 31 atom stereocenters. The fourth-order valence-electron chi connectivity index (χ4n) is 16.6. The molecule has 24 heteroatoms. The van der Waals surface area contributed by atoms with Crippen LogP contribution in [-0.2, 0) is 37.9 Å². The maximum atomic E-state index is 12.5. The standard InChI is InChI=1S/C54H90O24/c1-22-31(59)35(63)39(67)45(73-22)77-41-37(65)33(61)26(18-56)75-47(41)71-20-51(5)28-10-13-53(7)29(50(28,4)12-11-30(51)58)9-8-23-24-16-49(2,3)43(69)44(70)54(24,15-14-52(23,53)6)21-72-48-42(38(66)34(62)27(19-57)76-48)78-46-40(68)36(64)32(60)25(17-55)74-46/h8,22,24-48,55-70H,9-21H2,1-7H3. The van der Waals surface area contributed by atoms with Crippen molar-refractivity contribution in [3.63, 3.8) is 0 Å². The number of allylic oxidation sites excluding steroid dienone is 2. The molecule has 0 aromatic carbocycles. The average molecular weight is 1120 g/mol. The topological polar surface area (TPSA) is 398 Å². The lowest BCUT2D eigenvalue weighted by Crippen LogP contribution is -2.69. The Labute approximate surface area is 454 Å². The molecule has 0 radical (unpaired) electrons. The normalized spacial score (nSPS) is 56.2. The SMILES string of the molecule is CC1OC(OC2C(OCC3(C)C(O)CCC4(C)C3CCC3(C)C4CC=C4C5CC(C)(C)C(O)C(O)C5(COC5OC(CO)C(O)C(O)C5OC5OC(CO)C(O)C(O)C5O)CCC43C)OC(CO)C(O)C2O)C(O)C(O)C1O. The van der Waals surface area contributed by atoms with Gasteiger partial charge in [-0.1, -0.05) is 53.2 Å². The molecule has 0 amide bonds. The number of rotatable bonds is 13. The van der Waals surface area contributed by atoms with Crippen molar-refractivity contribution in [3.8, 4) is 0 Å². The van der Waals surface area contributed by atoms with Gasteiger partial charge < -0.3 is 120 Å². The van der Waals surface area contributed by atoms with Gasteiger partial charge in [-0.05, 0) is 97.7 Å². The van der Waals surface area contributed by atoms with Gasteiger partial charge in [0, 0.05) is 10.8 Å². The second-order valence-corrected chi connectivity index (χ2v) is 26.3. The van der Waals surface area contributed by atoms with E-state index in [1.807, 2.05) is 20.8 Å². The number of fused-ring (bicyclic) bond motifs is 7. The maximum Gasteiger partial charge on any atom is 0.187 e. The quantitative estimate of drug-likeness (QED) is 0.0792. The molecule has 9 aliphatic rings. The van der Waals surface area contributed by atoms with E-state index in [0.29, 0.717) is 44.9 Å². The van der Waals surface area contributed by atoms with Gasteiger partial charge in [-0.3, -0.25) is 0 Å². The molecule has 0 aromatic rings. The number of aliphatic hydroxyl groups is 16. The summed E-state index contributed by atoms with van der Waals surface area (Å²) in [5.41, 5.74) is -2.97. The molecule has 0 aromatic heterocycles. The van der Waals surface area contributed by atoms with Crippen molar-refractivity contribution in [3.05, 3.63) is 11.6 Å². The first kappa shape index (κ1) is 61.3. The molecule has 0 bridgehead atoms. The van der Waals surface area contributed by atoms with Gasteiger partial charge in [0.1, 0.15) is 91.6 Å². The van der Waals surface area contributed by atoms with Crippen molar-refractivity contribution in [1.82, 2.24) is 0 Å². The zero-order valence-corrected chi connectivity index (χ0v) is 45.7. The largest absolute Gasteiger partial charge is 0.394 e. The Kier molecular flexibility index (Phi) is 17.6. The van der Waals surface area contributed by atoms with Gasteiger partial charge in [0.25, 0.3) is 0 Å². The van der Waals surface area contributed by atoms with E-state index in [1.54, 1.807) is 0 Å². The Morgan fingerprint density at radius 1 is 0.513 bits per heavy atom. The van der Waals surface area contributed by atoms with E-state index in [1.165, 1.54) is 6.92 Å². The third kappa shape index (κ3) is 9.71. The second kappa shape index (κ2) is 22.3. The van der Waals surface area contributed by atoms with Crippen LogP contribution in [0.1, 0.15) is 99.8 Å². The predicted molar refractivity (Wildman–Crippen MR) is 265 cm³/mol. The molecule has 4 saturated heterocycles. The van der Waals surface area contributed by atoms with Gasteiger partial charge in [-0.15, -0.1) is 0 Å². The van der Waals surface area contributed by atoms with Crippen molar-refractivity contribution in [2.45, 2.75) is 241 Å². The van der Waals surface area contributed by atoms with E-state index in [4.69, 9.17) is 37.9 Å². The zero-order valence-electron chi connectivity index (χ0n) is 45.7. The summed E-state index contributed by atoms with van der Waals surface area (Å²) >= 11 is 0. The van der Waals surface area contributed by atoms with Gasteiger partial charge in [0.15, 0.2) is 25.2 Å². The summed E-state index contributed by atoms with van der Waals surface area (Å²) in [6.45, 7) is 11.6. The molecule has 0 spiro atoms. The molecule has 78 heavy (non-hydrogen) atoms. The Morgan fingerprint density at radius 3 is 1.56 bits per heavy atom. The van der Waals surface area contributed by atoms with Crippen LogP contribution in [0, 0.1) is 50.2 Å². The van der Waals surface area contributed by atoms with Gasteiger partial charge in [-0.2, -0.15) is 0 Å². The lowest BCUT2D eigenvalue weighted by Gasteiger charge is -2.72. The maximum absolute atomic E-state index is 12.5. The second-order valence-electron chi connectivity index (χ2n) is 26.3. The van der Waals surface area contributed by atoms with Crippen molar-refractivity contribution >= 4 is 0 Å². The molecule has 4 heterocycles. The minimum absolute atomic E-state index is 0.0611. The summed E-state index contributed by atoms with van der Waals surface area (Å²) in [4.78, 5) is 0. The summed E-state index contributed by atoms with van der Waals surface area (Å²) in [6, 6.07) is 0. The minimum Gasteiger partial charge on any atom is -0.394 e. The summed E-state index contributed by atoms with van der Waals surface area (Å²) in [6.07, 6.45) is -28.4. The van der Waals surface area contributed by atoms with Crippen LogP contribution in [0.4, 0.5) is 0 Å². The van der Waals surface area contributed by atoms with Crippen molar-refractivity contribution < 1.29 is 120 Å². The van der Waals surface area contributed by atoms with Gasteiger partial charge in [0.05, 0.1) is 57.5 Å². The molecule has 31 unspecified atom stereocenters. The summed E-state index contributed by atoms with van der Waals surface area (Å²) in [5.74, 6) is -0.451. The monoisotopic (exact) mass is 1120 g/mol. The van der Waals surface area contributed by atoms with Crippen molar-refractivity contribution in [1.29, 1.82) is 0 Å².